The van der Waals surface area contributed by atoms with Crippen LogP contribution < -0.4 is 11.1 Å². The monoisotopic (exact) mass is 384 g/mol. The van der Waals surface area contributed by atoms with Gasteiger partial charge in [0.25, 0.3) is 0 Å². The van der Waals surface area contributed by atoms with E-state index in [9.17, 15) is 0 Å². The molecule has 0 amide bonds. The molecule has 3 aromatic heterocycles. The van der Waals surface area contributed by atoms with Gasteiger partial charge in [-0.2, -0.15) is 0 Å². The lowest BCUT2D eigenvalue weighted by Crippen LogP contribution is -2.14. The van der Waals surface area contributed by atoms with Crippen LogP contribution in [0.2, 0.25) is 0 Å². The van der Waals surface area contributed by atoms with Gasteiger partial charge in [-0.05, 0) is 30.7 Å². The van der Waals surface area contributed by atoms with Crippen LogP contribution in [-0.4, -0.2) is 29.5 Å². The molecule has 0 spiro atoms. The number of hydrogen-bond donors (Lipinski definition) is 3. The van der Waals surface area contributed by atoms with E-state index in [1.54, 1.807) is 6.33 Å². The molecule has 5 aromatic rings. The van der Waals surface area contributed by atoms with E-state index in [2.05, 4.69) is 48.9 Å². The molecule has 29 heavy (non-hydrogen) atoms. The summed E-state index contributed by atoms with van der Waals surface area (Å²) in [6.45, 7) is 2.50. The lowest BCUT2D eigenvalue weighted by molar-refractivity contribution is 0.768. The second-order valence-electron chi connectivity index (χ2n) is 6.82. The Hall–Kier alpha value is -3.78. The van der Waals surface area contributed by atoms with Gasteiger partial charge >= 0.3 is 0 Å². The predicted molar refractivity (Wildman–Crippen MR) is 113 cm³/mol. The van der Waals surface area contributed by atoms with Gasteiger partial charge in [-0.3, -0.25) is 4.57 Å². The molecule has 144 valence electrons. The molecule has 5 rings (SSSR count). The molecule has 0 fully saturated rings. The molecule has 3 heterocycles. The van der Waals surface area contributed by atoms with E-state index >= 15 is 0 Å². The van der Waals surface area contributed by atoms with Crippen LogP contribution in [0, 0.1) is 0 Å². The Balaban J connectivity index is 1.67. The van der Waals surface area contributed by atoms with E-state index in [0.29, 0.717) is 18.0 Å². The summed E-state index contributed by atoms with van der Waals surface area (Å²) < 4.78 is 2.17. The second-order valence-corrected chi connectivity index (χ2v) is 6.82. The van der Waals surface area contributed by atoms with Crippen molar-refractivity contribution in [1.29, 1.82) is 0 Å². The highest BCUT2D eigenvalue weighted by atomic mass is 15.2. The van der Waals surface area contributed by atoms with Gasteiger partial charge in [0.1, 0.15) is 17.7 Å². The Bertz CT molecular complexity index is 1290. The maximum Gasteiger partial charge on any atom is 0.182 e. The minimum atomic E-state index is -0.130. The Labute approximate surface area is 166 Å². The topological polar surface area (TPSA) is 110 Å². The summed E-state index contributed by atoms with van der Waals surface area (Å²) in [6.07, 6.45) is 3.12. The molecular formula is C21H20N8. The summed E-state index contributed by atoms with van der Waals surface area (Å²) in [4.78, 5) is 20.8. The zero-order valence-electron chi connectivity index (χ0n) is 15.9. The molecular weight excluding hydrogens is 364 g/mol. The molecule has 8 nitrogen and oxygen atoms in total. The average molecular weight is 384 g/mol. The van der Waals surface area contributed by atoms with Crippen molar-refractivity contribution in [2.45, 2.75) is 19.5 Å². The summed E-state index contributed by atoms with van der Waals surface area (Å²) in [5.74, 6) is 1.56. The number of fused-ring (bicyclic) bond motifs is 2. The van der Waals surface area contributed by atoms with Crippen molar-refractivity contribution < 1.29 is 0 Å². The average Bonchev–Trinajstić information content (AvgIpc) is 3.39. The minimum absolute atomic E-state index is 0.130. The van der Waals surface area contributed by atoms with Crippen molar-refractivity contribution >= 4 is 28.0 Å². The maximum atomic E-state index is 6.04. The number of nitrogens with one attached hydrogen (secondary N) is 2. The van der Waals surface area contributed by atoms with Crippen molar-refractivity contribution in [3.63, 3.8) is 0 Å². The molecule has 0 saturated heterocycles. The van der Waals surface area contributed by atoms with E-state index in [4.69, 9.17) is 10.7 Å². The van der Waals surface area contributed by atoms with E-state index in [1.165, 1.54) is 6.33 Å². The summed E-state index contributed by atoms with van der Waals surface area (Å²) in [5, 5.41) is 3.46. The second kappa shape index (κ2) is 6.99. The molecule has 0 bridgehead atoms. The predicted octanol–water partition coefficient (Wildman–Crippen LogP) is 3.32. The summed E-state index contributed by atoms with van der Waals surface area (Å²) in [6, 6.07) is 16.1. The number of hydrogen-bond acceptors (Lipinski definition) is 6. The molecule has 0 aliphatic rings. The SMILES string of the molecule is CC(Nc1ncnc2nc[nH]c12)c1nc2cccc(CN)c2n1-c1ccccc1. The van der Waals surface area contributed by atoms with Crippen LogP contribution in [0.1, 0.15) is 24.4 Å². The first-order chi connectivity index (χ1) is 14.3. The van der Waals surface area contributed by atoms with Gasteiger partial charge in [-0.25, -0.2) is 19.9 Å². The molecule has 8 heteroatoms. The molecule has 1 unspecified atom stereocenters. The first kappa shape index (κ1) is 17.3. The molecule has 0 aliphatic heterocycles. The molecule has 0 aliphatic carbocycles. The Kier molecular flexibility index (Phi) is 4.18. The molecule has 0 radical (unpaired) electrons. The molecule has 1 atom stereocenters. The number of para-hydroxylation sites is 2. The number of imidazole rings is 2. The van der Waals surface area contributed by atoms with E-state index in [0.717, 1.165) is 33.6 Å². The lowest BCUT2D eigenvalue weighted by Gasteiger charge is -2.17. The number of aromatic amines is 1. The number of benzene rings is 2. The van der Waals surface area contributed by atoms with Crippen LogP contribution in [0.4, 0.5) is 5.82 Å². The quantitative estimate of drug-likeness (QED) is 0.429. The van der Waals surface area contributed by atoms with Crippen LogP contribution in [0.5, 0.6) is 0 Å². The number of aromatic nitrogens is 6. The first-order valence-electron chi connectivity index (χ1n) is 9.42. The number of nitrogens with two attached hydrogens (primary N) is 1. The van der Waals surface area contributed by atoms with Crippen molar-refractivity contribution in [1.82, 2.24) is 29.5 Å². The van der Waals surface area contributed by atoms with E-state index in [-0.39, 0.29) is 6.04 Å². The number of H-pyrrole nitrogens is 1. The van der Waals surface area contributed by atoms with E-state index in [1.807, 2.05) is 36.4 Å². The van der Waals surface area contributed by atoms with Gasteiger partial charge in [0, 0.05) is 12.2 Å². The van der Waals surface area contributed by atoms with Gasteiger partial charge < -0.3 is 16.0 Å². The van der Waals surface area contributed by atoms with Crippen LogP contribution in [0.15, 0.2) is 61.2 Å². The van der Waals surface area contributed by atoms with Crippen LogP contribution in [-0.2, 0) is 6.54 Å². The number of anilines is 1. The van der Waals surface area contributed by atoms with Gasteiger partial charge in [0.05, 0.1) is 23.4 Å². The normalized spacial score (nSPS) is 12.5. The van der Waals surface area contributed by atoms with Crippen LogP contribution in [0.3, 0.4) is 0 Å². The minimum Gasteiger partial charge on any atom is -0.358 e. The number of rotatable bonds is 5. The van der Waals surface area contributed by atoms with Gasteiger partial charge in [0.15, 0.2) is 11.5 Å². The molecule has 4 N–H and O–H groups in total. The van der Waals surface area contributed by atoms with Gasteiger partial charge in [-0.15, -0.1) is 0 Å². The van der Waals surface area contributed by atoms with Crippen molar-refractivity contribution in [3.05, 3.63) is 72.6 Å². The van der Waals surface area contributed by atoms with Gasteiger partial charge in [-0.1, -0.05) is 30.3 Å². The van der Waals surface area contributed by atoms with Crippen molar-refractivity contribution in [2.24, 2.45) is 5.73 Å². The Morgan fingerprint density at radius 2 is 1.93 bits per heavy atom. The molecule has 0 saturated carbocycles. The maximum absolute atomic E-state index is 6.04. The van der Waals surface area contributed by atoms with Crippen LogP contribution in [0.25, 0.3) is 27.9 Å². The van der Waals surface area contributed by atoms with Crippen molar-refractivity contribution in [3.8, 4) is 5.69 Å². The molecule has 2 aromatic carbocycles. The number of nitrogens with zero attached hydrogens (tertiary/aromatic N) is 5. The fraction of sp³-hybridized carbons (Fsp3) is 0.143. The van der Waals surface area contributed by atoms with Gasteiger partial charge in [0.2, 0.25) is 0 Å². The summed E-state index contributed by atoms with van der Waals surface area (Å²) in [5.41, 5.74) is 11.5. The Morgan fingerprint density at radius 1 is 1.07 bits per heavy atom. The standard InChI is InChI=1S/C21H20N8/c1-13(27-20-17-19(24-11-23-17)25-12-26-20)21-28-16-9-5-6-14(10-22)18(16)29(21)15-7-3-2-4-8-15/h2-9,11-13H,10,22H2,1H3,(H2,23,24,25,26,27). The smallest absolute Gasteiger partial charge is 0.182 e. The largest absolute Gasteiger partial charge is 0.358 e. The Morgan fingerprint density at radius 3 is 2.76 bits per heavy atom. The highest BCUT2D eigenvalue weighted by Crippen LogP contribution is 2.30. The third-order valence-electron chi connectivity index (χ3n) is 4.98. The lowest BCUT2D eigenvalue weighted by atomic mass is 10.1. The third kappa shape index (κ3) is 2.90. The zero-order valence-corrected chi connectivity index (χ0v) is 15.9. The zero-order chi connectivity index (χ0) is 19.8. The highest BCUT2D eigenvalue weighted by molar-refractivity contribution is 5.83. The van der Waals surface area contributed by atoms with E-state index < -0.39 is 0 Å². The van der Waals surface area contributed by atoms with Crippen molar-refractivity contribution in [2.75, 3.05) is 5.32 Å². The first-order valence-corrected chi connectivity index (χ1v) is 9.42. The van der Waals surface area contributed by atoms with Crippen LogP contribution >= 0.6 is 0 Å². The highest BCUT2D eigenvalue weighted by Gasteiger charge is 2.21. The summed E-state index contributed by atoms with van der Waals surface area (Å²) >= 11 is 0. The third-order valence-corrected chi connectivity index (χ3v) is 4.98. The summed E-state index contributed by atoms with van der Waals surface area (Å²) in [7, 11) is 0. The fourth-order valence-electron chi connectivity index (χ4n) is 3.65. The fourth-order valence-corrected chi connectivity index (χ4v) is 3.65.